The Hall–Kier alpha value is -3.06. The molecule has 0 amide bonds. The maximum Gasteiger partial charge on any atom is 0.303 e. The van der Waals surface area contributed by atoms with E-state index in [1.807, 2.05) is 44.2 Å². The molecule has 1 heterocycles. The van der Waals surface area contributed by atoms with Crippen LogP contribution in [0.25, 0.3) is 21.9 Å². The molecule has 0 aliphatic rings. The van der Waals surface area contributed by atoms with Gasteiger partial charge in [-0.05, 0) is 41.7 Å². The third-order valence-electron chi connectivity index (χ3n) is 4.39. The number of thiazole rings is 1. The molecule has 28 heavy (non-hydrogen) atoms. The highest BCUT2D eigenvalue weighted by Gasteiger charge is 2.17. The standard InChI is InChI=1S/C21H20N2O4S/c1-13(2)16-9-7-14(12-18(16)23(26)27)11-15(8-10-20(24)25)21-22-17-5-3-4-6-19(17)28-21/h3-7,9,11-13H,8,10H2,1-2H3,(H,24,25)/b15-11-. The number of nitro groups is 1. The lowest BCUT2D eigenvalue weighted by atomic mass is 9.98. The molecule has 0 unspecified atom stereocenters. The zero-order chi connectivity index (χ0) is 20.3. The molecule has 0 bridgehead atoms. The zero-order valence-corrected chi connectivity index (χ0v) is 16.4. The van der Waals surface area contributed by atoms with E-state index < -0.39 is 5.97 Å². The predicted octanol–water partition coefficient (Wildman–Crippen LogP) is 5.73. The van der Waals surface area contributed by atoms with Crippen molar-refractivity contribution in [3.63, 3.8) is 0 Å². The number of carboxylic acids is 1. The van der Waals surface area contributed by atoms with Gasteiger partial charge in [0.1, 0.15) is 5.01 Å². The average Bonchev–Trinajstić information content (AvgIpc) is 3.08. The van der Waals surface area contributed by atoms with Crippen molar-refractivity contribution >= 4 is 44.9 Å². The molecule has 0 spiro atoms. The molecule has 0 fully saturated rings. The van der Waals surface area contributed by atoms with Gasteiger partial charge in [0.2, 0.25) is 0 Å². The fraction of sp³-hybridized carbons (Fsp3) is 0.238. The van der Waals surface area contributed by atoms with Gasteiger partial charge in [0, 0.05) is 18.1 Å². The molecule has 0 saturated carbocycles. The number of carbonyl (C=O) groups is 1. The van der Waals surface area contributed by atoms with Crippen LogP contribution in [-0.4, -0.2) is 21.0 Å². The molecule has 0 atom stereocenters. The molecule has 0 aliphatic carbocycles. The molecule has 0 saturated heterocycles. The molecular formula is C21H20N2O4S. The van der Waals surface area contributed by atoms with Crippen LogP contribution in [0.1, 0.15) is 48.7 Å². The summed E-state index contributed by atoms with van der Waals surface area (Å²) < 4.78 is 1.01. The highest BCUT2D eigenvalue weighted by Crippen LogP contribution is 2.33. The Bertz CT molecular complexity index is 1040. The summed E-state index contributed by atoms with van der Waals surface area (Å²) in [5.74, 6) is -0.859. The van der Waals surface area contributed by atoms with Crippen molar-refractivity contribution in [3.8, 4) is 0 Å². The maximum atomic E-state index is 11.5. The molecule has 3 aromatic rings. The van der Waals surface area contributed by atoms with Gasteiger partial charge in [0.15, 0.2) is 0 Å². The highest BCUT2D eigenvalue weighted by molar-refractivity contribution is 7.19. The first-order valence-electron chi connectivity index (χ1n) is 8.92. The Labute approximate surface area is 166 Å². The van der Waals surface area contributed by atoms with Gasteiger partial charge in [0.25, 0.3) is 5.69 Å². The molecule has 3 rings (SSSR count). The van der Waals surface area contributed by atoms with E-state index in [9.17, 15) is 14.9 Å². The summed E-state index contributed by atoms with van der Waals surface area (Å²) in [6.07, 6.45) is 2.07. The van der Waals surface area contributed by atoms with Crippen molar-refractivity contribution in [3.05, 3.63) is 68.7 Å². The number of fused-ring (bicyclic) bond motifs is 1. The number of hydrogen-bond acceptors (Lipinski definition) is 5. The smallest absolute Gasteiger partial charge is 0.303 e. The van der Waals surface area contributed by atoms with Crippen LogP contribution < -0.4 is 0 Å². The van der Waals surface area contributed by atoms with E-state index in [1.54, 1.807) is 18.2 Å². The minimum absolute atomic E-state index is 0.0338. The Morgan fingerprint density at radius 2 is 2.00 bits per heavy atom. The fourth-order valence-corrected chi connectivity index (χ4v) is 4.00. The van der Waals surface area contributed by atoms with Crippen molar-refractivity contribution in [2.75, 3.05) is 0 Å². The number of nitro benzene ring substituents is 1. The minimum Gasteiger partial charge on any atom is -0.481 e. The highest BCUT2D eigenvalue weighted by atomic mass is 32.1. The number of rotatable bonds is 7. The van der Waals surface area contributed by atoms with Crippen LogP contribution in [0.2, 0.25) is 0 Å². The second-order valence-corrected chi connectivity index (χ2v) is 7.81. The van der Waals surface area contributed by atoms with Crippen molar-refractivity contribution in [1.82, 2.24) is 4.98 Å². The van der Waals surface area contributed by atoms with Gasteiger partial charge in [-0.25, -0.2) is 4.98 Å². The van der Waals surface area contributed by atoms with Gasteiger partial charge in [0.05, 0.1) is 15.1 Å². The summed E-state index contributed by atoms with van der Waals surface area (Å²) in [7, 11) is 0. The van der Waals surface area contributed by atoms with Crippen molar-refractivity contribution in [1.29, 1.82) is 0 Å². The summed E-state index contributed by atoms with van der Waals surface area (Å²) in [5.41, 5.74) is 3.02. The van der Waals surface area contributed by atoms with E-state index in [-0.39, 0.29) is 22.9 Å². The van der Waals surface area contributed by atoms with E-state index in [1.165, 1.54) is 11.3 Å². The molecule has 1 N–H and O–H groups in total. The lowest BCUT2D eigenvalue weighted by Gasteiger charge is -2.08. The maximum absolute atomic E-state index is 11.5. The van der Waals surface area contributed by atoms with Crippen LogP contribution in [0.5, 0.6) is 0 Å². The Morgan fingerprint density at radius 1 is 1.25 bits per heavy atom. The number of allylic oxidation sites excluding steroid dienone is 1. The quantitative estimate of drug-likeness (QED) is 0.406. The first kappa shape index (κ1) is 19.7. The van der Waals surface area contributed by atoms with Gasteiger partial charge in [-0.15, -0.1) is 11.3 Å². The monoisotopic (exact) mass is 396 g/mol. The van der Waals surface area contributed by atoms with Gasteiger partial charge < -0.3 is 5.11 Å². The molecule has 1 aromatic heterocycles. The number of carboxylic acid groups (broad SMARTS) is 1. The number of benzene rings is 2. The molecule has 6 nitrogen and oxygen atoms in total. The third-order valence-corrected chi connectivity index (χ3v) is 5.50. The zero-order valence-electron chi connectivity index (χ0n) is 15.6. The van der Waals surface area contributed by atoms with Gasteiger partial charge in [-0.3, -0.25) is 14.9 Å². The van der Waals surface area contributed by atoms with Gasteiger partial charge in [-0.1, -0.05) is 38.1 Å². The minimum atomic E-state index is -0.895. The molecule has 7 heteroatoms. The van der Waals surface area contributed by atoms with E-state index in [4.69, 9.17) is 5.11 Å². The van der Waals surface area contributed by atoms with Crippen LogP contribution in [-0.2, 0) is 4.79 Å². The predicted molar refractivity (Wildman–Crippen MR) is 112 cm³/mol. The molecule has 2 aromatic carbocycles. The van der Waals surface area contributed by atoms with E-state index in [0.717, 1.165) is 20.8 Å². The first-order valence-corrected chi connectivity index (χ1v) is 9.73. The molecule has 144 valence electrons. The number of para-hydroxylation sites is 1. The van der Waals surface area contributed by atoms with Crippen LogP contribution in [0.4, 0.5) is 5.69 Å². The summed E-state index contributed by atoms with van der Waals surface area (Å²) >= 11 is 1.49. The first-order chi connectivity index (χ1) is 13.3. The Morgan fingerprint density at radius 3 is 2.64 bits per heavy atom. The van der Waals surface area contributed by atoms with E-state index in [0.29, 0.717) is 17.5 Å². The van der Waals surface area contributed by atoms with Crippen LogP contribution in [0.3, 0.4) is 0 Å². The lowest BCUT2D eigenvalue weighted by molar-refractivity contribution is -0.385. The van der Waals surface area contributed by atoms with Gasteiger partial charge >= 0.3 is 5.97 Å². The average molecular weight is 396 g/mol. The van der Waals surface area contributed by atoms with Crippen LogP contribution >= 0.6 is 11.3 Å². The van der Waals surface area contributed by atoms with Crippen molar-refractivity contribution < 1.29 is 14.8 Å². The number of nitrogens with zero attached hydrogens (tertiary/aromatic N) is 2. The largest absolute Gasteiger partial charge is 0.481 e. The topological polar surface area (TPSA) is 93.3 Å². The normalized spacial score (nSPS) is 11.9. The second kappa shape index (κ2) is 8.31. The van der Waals surface area contributed by atoms with Crippen LogP contribution in [0.15, 0.2) is 42.5 Å². The van der Waals surface area contributed by atoms with Crippen molar-refractivity contribution in [2.45, 2.75) is 32.6 Å². The molecule has 0 radical (unpaired) electrons. The fourth-order valence-electron chi connectivity index (χ4n) is 2.99. The van der Waals surface area contributed by atoms with Crippen LogP contribution in [0, 0.1) is 10.1 Å². The number of hydrogen-bond donors (Lipinski definition) is 1. The molecular weight excluding hydrogens is 376 g/mol. The SMILES string of the molecule is CC(C)c1ccc(/C=C(/CCC(=O)O)c2nc3ccccc3s2)cc1[N+](=O)[O-]. The summed E-state index contributed by atoms with van der Waals surface area (Å²) in [4.78, 5) is 26.8. The molecule has 0 aliphatic heterocycles. The summed E-state index contributed by atoms with van der Waals surface area (Å²) in [6.45, 7) is 3.83. The van der Waals surface area contributed by atoms with Gasteiger partial charge in [-0.2, -0.15) is 0 Å². The number of aliphatic carboxylic acids is 1. The Kier molecular flexibility index (Phi) is 5.84. The second-order valence-electron chi connectivity index (χ2n) is 6.78. The van der Waals surface area contributed by atoms with E-state index in [2.05, 4.69) is 4.98 Å². The lowest BCUT2D eigenvalue weighted by Crippen LogP contribution is -1.98. The Balaban J connectivity index is 2.07. The van der Waals surface area contributed by atoms with Crippen molar-refractivity contribution in [2.24, 2.45) is 0 Å². The third kappa shape index (κ3) is 4.43. The van der Waals surface area contributed by atoms with E-state index >= 15 is 0 Å². The summed E-state index contributed by atoms with van der Waals surface area (Å²) in [5, 5.41) is 21.3. The number of aromatic nitrogens is 1. The summed E-state index contributed by atoms with van der Waals surface area (Å²) in [6, 6.07) is 12.8.